The predicted octanol–water partition coefficient (Wildman–Crippen LogP) is 3.69. The van der Waals surface area contributed by atoms with Crippen LogP contribution in [0.25, 0.3) is 0 Å². The van der Waals surface area contributed by atoms with Crippen molar-refractivity contribution in [1.29, 1.82) is 0 Å². The molecule has 3 unspecified atom stereocenters. The molecule has 0 bridgehead atoms. The lowest BCUT2D eigenvalue weighted by atomic mass is 9.86. The van der Waals surface area contributed by atoms with Crippen LogP contribution in [0.2, 0.25) is 0 Å². The maximum absolute atomic E-state index is 6.41. The van der Waals surface area contributed by atoms with Crippen LogP contribution < -0.4 is 5.73 Å². The molecule has 0 aromatic heterocycles. The average molecular weight is 217 g/mol. The lowest BCUT2D eigenvalue weighted by Gasteiger charge is -2.24. The quantitative estimate of drug-likeness (QED) is 0.821. The van der Waals surface area contributed by atoms with E-state index in [0.29, 0.717) is 5.92 Å². The standard InChI is InChI=1S/C15H23N/c1-3-12-7-5-8-13(10-12)15(16)14-9-4-6-11(14)2/h5,7-8,10-11,14-15H,3-4,6,9,16H2,1-2H3. The minimum absolute atomic E-state index is 0.240. The molecule has 1 aromatic carbocycles. The van der Waals surface area contributed by atoms with Crippen LogP contribution in [0.1, 0.15) is 50.3 Å². The molecule has 3 atom stereocenters. The highest BCUT2D eigenvalue weighted by molar-refractivity contribution is 5.26. The molecule has 1 saturated carbocycles. The molecule has 0 saturated heterocycles. The van der Waals surface area contributed by atoms with Crippen LogP contribution in [0.5, 0.6) is 0 Å². The Hall–Kier alpha value is -0.820. The van der Waals surface area contributed by atoms with Gasteiger partial charge >= 0.3 is 0 Å². The zero-order valence-corrected chi connectivity index (χ0v) is 10.4. The van der Waals surface area contributed by atoms with Gasteiger partial charge in [-0.25, -0.2) is 0 Å². The number of aryl methyl sites for hydroxylation is 1. The van der Waals surface area contributed by atoms with Crippen LogP contribution >= 0.6 is 0 Å². The monoisotopic (exact) mass is 217 g/mol. The molecule has 1 aromatic rings. The highest BCUT2D eigenvalue weighted by Gasteiger charge is 2.29. The third-order valence-electron chi connectivity index (χ3n) is 4.13. The Bertz CT molecular complexity index is 345. The number of hydrogen-bond donors (Lipinski definition) is 1. The molecule has 88 valence electrons. The van der Waals surface area contributed by atoms with Crippen LogP contribution in [0.3, 0.4) is 0 Å². The molecule has 0 heterocycles. The van der Waals surface area contributed by atoms with Crippen LogP contribution in [0, 0.1) is 11.8 Å². The van der Waals surface area contributed by atoms with E-state index in [1.807, 2.05) is 0 Å². The second kappa shape index (κ2) is 5.01. The molecule has 1 aliphatic rings. The van der Waals surface area contributed by atoms with E-state index in [4.69, 9.17) is 5.73 Å². The van der Waals surface area contributed by atoms with Gasteiger partial charge in [0.05, 0.1) is 0 Å². The Morgan fingerprint density at radius 3 is 2.81 bits per heavy atom. The van der Waals surface area contributed by atoms with Crippen LogP contribution in [-0.2, 0) is 6.42 Å². The summed E-state index contributed by atoms with van der Waals surface area (Å²) in [5.41, 5.74) is 9.15. The van der Waals surface area contributed by atoms with Crippen molar-refractivity contribution in [2.75, 3.05) is 0 Å². The largest absolute Gasteiger partial charge is 0.324 e. The molecule has 0 radical (unpaired) electrons. The maximum atomic E-state index is 6.41. The first kappa shape index (κ1) is 11.7. The fourth-order valence-corrected chi connectivity index (χ4v) is 2.98. The molecule has 0 spiro atoms. The van der Waals surface area contributed by atoms with Crippen LogP contribution in [-0.4, -0.2) is 0 Å². The minimum atomic E-state index is 0.240. The van der Waals surface area contributed by atoms with Gasteiger partial charge in [0.1, 0.15) is 0 Å². The molecule has 1 aliphatic carbocycles. The molecule has 2 rings (SSSR count). The van der Waals surface area contributed by atoms with Gasteiger partial charge in [0.15, 0.2) is 0 Å². The summed E-state index contributed by atoms with van der Waals surface area (Å²) >= 11 is 0. The number of rotatable bonds is 3. The van der Waals surface area contributed by atoms with Crippen molar-refractivity contribution in [3.05, 3.63) is 35.4 Å². The third-order valence-corrected chi connectivity index (χ3v) is 4.13. The van der Waals surface area contributed by atoms with Crippen molar-refractivity contribution in [3.8, 4) is 0 Å². The summed E-state index contributed by atoms with van der Waals surface area (Å²) in [6, 6.07) is 9.05. The Morgan fingerprint density at radius 1 is 1.38 bits per heavy atom. The topological polar surface area (TPSA) is 26.0 Å². The van der Waals surface area contributed by atoms with E-state index in [1.165, 1.54) is 30.4 Å². The zero-order chi connectivity index (χ0) is 11.5. The van der Waals surface area contributed by atoms with Crippen LogP contribution in [0.15, 0.2) is 24.3 Å². The highest BCUT2D eigenvalue weighted by Crippen LogP contribution is 2.38. The molecular formula is C15H23N. The summed E-state index contributed by atoms with van der Waals surface area (Å²) in [6.45, 7) is 4.55. The van der Waals surface area contributed by atoms with E-state index in [9.17, 15) is 0 Å². The van der Waals surface area contributed by atoms with Gasteiger partial charge in [0.2, 0.25) is 0 Å². The SMILES string of the molecule is CCc1cccc(C(N)C2CCCC2C)c1. The number of benzene rings is 1. The Labute approximate surface area is 99.0 Å². The fraction of sp³-hybridized carbons (Fsp3) is 0.600. The van der Waals surface area contributed by atoms with Crippen molar-refractivity contribution in [2.24, 2.45) is 17.6 Å². The molecule has 16 heavy (non-hydrogen) atoms. The van der Waals surface area contributed by atoms with Crippen molar-refractivity contribution in [2.45, 2.75) is 45.6 Å². The van der Waals surface area contributed by atoms with Gasteiger partial charge < -0.3 is 5.73 Å². The van der Waals surface area contributed by atoms with Gasteiger partial charge in [-0.2, -0.15) is 0 Å². The first-order valence-electron chi connectivity index (χ1n) is 6.56. The third kappa shape index (κ3) is 2.30. The molecule has 0 amide bonds. The second-order valence-electron chi connectivity index (χ2n) is 5.20. The summed E-state index contributed by atoms with van der Waals surface area (Å²) in [6.07, 6.45) is 5.11. The van der Waals surface area contributed by atoms with Crippen molar-refractivity contribution in [3.63, 3.8) is 0 Å². The molecule has 1 nitrogen and oxygen atoms in total. The zero-order valence-electron chi connectivity index (χ0n) is 10.4. The minimum Gasteiger partial charge on any atom is -0.324 e. The van der Waals surface area contributed by atoms with E-state index in [0.717, 1.165) is 12.3 Å². The Kier molecular flexibility index (Phi) is 3.65. The molecule has 0 aliphatic heterocycles. The van der Waals surface area contributed by atoms with E-state index in [-0.39, 0.29) is 6.04 Å². The first-order valence-corrected chi connectivity index (χ1v) is 6.56. The van der Waals surface area contributed by atoms with Gasteiger partial charge in [0, 0.05) is 6.04 Å². The fourth-order valence-electron chi connectivity index (χ4n) is 2.98. The first-order chi connectivity index (χ1) is 7.72. The summed E-state index contributed by atoms with van der Waals surface area (Å²) in [4.78, 5) is 0. The normalized spacial score (nSPS) is 26.9. The smallest absolute Gasteiger partial charge is 0.0326 e. The van der Waals surface area contributed by atoms with E-state index in [2.05, 4.69) is 38.1 Å². The maximum Gasteiger partial charge on any atom is 0.0326 e. The summed E-state index contributed by atoms with van der Waals surface area (Å²) < 4.78 is 0. The van der Waals surface area contributed by atoms with Gasteiger partial charge in [-0.1, -0.05) is 51.0 Å². The number of hydrogen-bond acceptors (Lipinski definition) is 1. The van der Waals surface area contributed by atoms with E-state index in [1.54, 1.807) is 0 Å². The lowest BCUT2D eigenvalue weighted by molar-refractivity contribution is 0.351. The molecule has 2 N–H and O–H groups in total. The number of nitrogens with two attached hydrogens (primary N) is 1. The van der Waals surface area contributed by atoms with E-state index < -0.39 is 0 Å². The summed E-state index contributed by atoms with van der Waals surface area (Å²) in [5, 5.41) is 0. The van der Waals surface area contributed by atoms with Crippen molar-refractivity contribution >= 4 is 0 Å². The second-order valence-corrected chi connectivity index (χ2v) is 5.20. The summed E-state index contributed by atoms with van der Waals surface area (Å²) in [7, 11) is 0. The average Bonchev–Trinajstić information content (AvgIpc) is 2.74. The Balaban J connectivity index is 2.16. The molecule has 1 heteroatoms. The lowest BCUT2D eigenvalue weighted by Crippen LogP contribution is -2.23. The summed E-state index contributed by atoms with van der Waals surface area (Å²) in [5.74, 6) is 1.48. The van der Waals surface area contributed by atoms with Gasteiger partial charge in [-0.05, 0) is 35.8 Å². The van der Waals surface area contributed by atoms with Gasteiger partial charge in [-0.15, -0.1) is 0 Å². The van der Waals surface area contributed by atoms with E-state index >= 15 is 0 Å². The predicted molar refractivity (Wildman–Crippen MR) is 69.3 cm³/mol. The highest BCUT2D eigenvalue weighted by atomic mass is 14.7. The molecule has 1 fully saturated rings. The Morgan fingerprint density at radius 2 is 2.19 bits per heavy atom. The van der Waals surface area contributed by atoms with Gasteiger partial charge in [-0.3, -0.25) is 0 Å². The molecular weight excluding hydrogens is 194 g/mol. The van der Waals surface area contributed by atoms with Crippen molar-refractivity contribution in [1.82, 2.24) is 0 Å². The van der Waals surface area contributed by atoms with Gasteiger partial charge in [0.25, 0.3) is 0 Å². The van der Waals surface area contributed by atoms with Crippen LogP contribution in [0.4, 0.5) is 0 Å². The van der Waals surface area contributed by atoms with Crippen molar-refractivity contribution < 1.29 is 0 Å².